The number of nitrogens with zero attached hydrogens (tertiary/aromatic N) is 4. The molecule has 3 heterocycles. The summed E-state index contributed by atoms with van der Waals surface area (Å²) in [6.07, 6.45) is 4.07. The summed E-state index contributed by atoms with van der Waals surface area (Å²) in [5.41, 5.74) is 1.78. The van der Waals surface area contributed by atoms with Crippen molar-refractivity contribution >= 4 is 17.5 Å². The van der Waals surface area contributed by atoms with Gasteiger partial charge in [-0.25, -0.2) is 4.39 Å². The number of hydrogen-bond donors (Lipinski definition) is 1. The fourth-order valence-electron chi connectivity index (χ4n) is 1.79. The van der Waals surface area contributed by atoms with E-state index < -0.39 is 11.7 Å². The van der Waals surface area contributed by atoms with Crippen LogP contribution in [0, 0.1) is 12.7 Å². The van der Waals surface area contributed by atoms with Gasteiger partial charge in [0.1, 0.15) is 5.82 Å². The predicted molar refractivity (Wildman–Crippen MR) is 69.9 cm³/mol. The zero-order valence-corrected chi connectivity index (χ0v) is 10.5. The van der Waals surface area contributed by atoms with Crippen molar-refractivity contribution in [2.24, 2.45) is 0 Å². The third-order valence-electron chi connectivity index (χ3n) is 2.76. The highest BCUT2D eigenvalue weighted by Crippen LogP contribution is 2.11. The smallest absolute Gasteiger partial charge is 0.259 e. The lowest BCUT2D eigenvalue weighted by molar-refractivity contribution is 0.102. The van der Waals surface area contributed by atoms with E-state index in [2.05, 4.69) is 20.5 Å². The highest BCUT2D eigenvalue weighted by Gasteiger charge is 2.12. The van der Waals surface area contributed by atoms with Crippen LogP contribution in [-0.2, 0) is 0 Å². The van der Waals surface area contributed by atoms with E-state index in [-0.39, 0.29) is 11.5 Å². The average Bonchev–Trinajstić information content (AvgIpc) is 2.81. The van der Waals surface area contributed by atoms with Gasteiger partial charge in [-0.1, -0.05) is 0 Å². The number of carbonyl (C=O) groups excluding carboxylic acids is 1. The molecule has 6 nitrogen and oxygen atoms in total. The van der Waals surface area contributed by atoms with Gasteiger partial charge >= 0.3 is 0 Å². The van der Waals surface area contributed by atoms with Crippen LogP contribution in [0.4, 0.5) is 10.3 Å². The largest absolute Gasteiger partial charge is 0.290 e. The Morgan fingerprint density at radius 3 is 2.95 bits per heavy atom. The van der Waals surface area contributed by atoms with Crippen LogP contribution in [0.2, 0.25) is 0 Å². The van der Waals surface area contributed by atoms with E-state index >= 15 is 0 Å². The van der Waals surface area contributed by atoms with E-state index in [9.17, 15) is 9.18 Å². The maximum absolute atomic E-state index is 13.0. The number of anilines is 1. The zero-order valence-electron chi connectivity index (χ0n) is 10.5. The van der Waals surface area contributed by atoms with Crippen molar-refractivity contribution < 1.29 is 9.18 Å². The number of halogens is 1. The van der Waals surface area contributed by atoms with Gasteiger partial charge in [0.05, 0.1) is 11.8 Å². The lowest BCUT2D eigenvalue weighted by atomic mass is 10.2. The molecule has 1 amide bonds. The average molecular weight is 271 g/mol. The quantitative estimate of drug-likeness (QED) is 0.771. The summed E-state index contributed by atoms with van der Waals surface area (Å²) in [5.74, 6) is -0.791. The van der Waals surface area contributed by atoms with Gasteiger partial charge in [-0.15, -0.1) is 10.2 Å². The SMILES string of the molecule is Cc1ccn2c(NC(=O)c3cncc(F)c3)nnc2c1. The van der Waals surface area contributed by atoms with Gasteiger partial charge in [-0.2, -0.15) is 0 Å². The normalized spacial score (nSPS) is 10.7. The Balaban J connectivity index is 1.91. The molecule has 0 bridgehead atoms. The summed E-state index contributed by atoms with van der Waals surface area (Å²) in [6.45, 7) is 1.94. The second-order valence-corrected chi connectivity index (χ2v) is 4.30. The third-order valence-corrected chi connectivity index (χ3v) is 2.76. The van der Waals surface area contributed by atoms with E-state index in [1.807, 2.05) is 19.1 Å². The number of pyridine rings is 2. The molecular formula is C13H10FN5O. The molecule has 0 saturated carbocycles. The fraction of sp³-hybridized carbons (Fsp3) is 0.0769. The van der Waals surface area contributed by atoms with E-state index in [1.54, 1.807) is 10.6 Å². The van der Waals surface area contributed by atoms with E-state index in [1.165, 1.54) is 6.20 Å². The second kappa shape index (κ2) is 4.69. The first-order valence-corrected chi connectivity index (χ1v) is 5.87. The summed E-state index contributed by atoms with van der Waals surface area (Å²) in [6, 6.07) is 4.82. The minimum atomic E-state index is -0.570. The molecule has 20 heavy (non-hydrogen) atoms. The molecule has 3 aromatic rings. The maximum Gasteiger partial charge on any atom is 0.259 e. The number of aromatic nitrogens is 4. The molecule has 0 spiro atoms. The van der Waals surface area contributed by atoms with Crippen LogP contribution in [-0.4, -0.2) is 25.5 Å². The van der Waals surface area contributed by atoms with Crippen LogP contribution < -0.4 is 5.32 Å². The van der Waals surface area contributed by atoms with Gasteiger partial charge in [0.2, 0.25) is 5.95 Å². The molecule has 0 atom stereocenters. The molecular weight excluding hydrogens is 261 g/mol. The number of carbonyl (C=O) groups is 1. The van der Waals surface area contributed by atoms with Crippen molar-refractivity contribution in [3.05, 3.63) is 53.7 Å². The molecule has 0 aliphatic rings. The Hall–Kier alpha value is -2.83. The number of nitrogens with one attached hydrogen (secondary N) is 1. The van der Waals surface area contributed by atoms with E-state index in [4.69, 9.17) is 0 Å². The van der Waals surface area contributed by atoms with Crippen LogP contribution >= 0.6 is 0 Å². The van der Waals surface area contributed by atoms with Crippen LogP contribution in [0.3, 0.4) is 0 Å². The van der Waals surface area contributed by atoms with Gasteiger partial charge in [-0.05, 0) is 30.7 Å². The van der Waals surface area contributed by atoms with Gasteiger partial charge in [-0.3, -0.25) is 19.5 Å². The van der Waals surface area contributed by atoms with Gasteiger partial charge in [0.15, 0.2) is 5.65 Å². The first-order chi connectivity index (χ1) is 9.63. The predicted octanol–water partition coefficient (Wildman–Crippen LogP) is 1.82. The molecule has 0 aromatic carbocycles. The zero-order chi connectivity index (χ0) is 14.1. The standard InChI is InChI=1S/C13H10FN5O/c1-8-2-3-19-11(4-8)17-18-13(19)16-12(20)9-5-10(14)7-15-6-9/h2-7H,1H3,(H,16,18,20). The molecule has 0 fully saturated rings. The topological polar surface area (TPSA) is 72.2 Å². The molecule has 0 unspecified atom stereocenters. The van der Waals surface area contributed by atoms with Crippen molar-refractivity contribution in [1.82, 2.24) is 19.6 Å². The third kappa shape index (κ3) is 2.20. The molecule has 0 aliphatic heterocycles. The van der Waals surface area contributed by atoms with Crippen LogP contribution in [0.1, 0.15) is 15.9 Å². The Morgan fingerprint density at radius 2 is 2.15 bits per heavy atom. The number of aryl methyl sites for hydroxylation is 1. The summed E-state index contributed by atoms with van der Waals surface area (Å²) < 4.78 is 14.7. The highest BCUT2D eigenvalue weighted by molar-refractivity contribution is 6.03. The van der Waals surface area contributed by atoms with E-state index in [0.717, 1.165) is 17.8 Å². The lowest BCUT2D eigenvalue weighted by Crippen LogP contribution is -2.14. The Kier molecular flexibility index (Phi) is 2.86. The number of fused-ring (bicyclic) bond motifs is 1. The van der Waals surface area contributed by atoms with Crippen molar-refractivity contribution in [3.63, 3.8) is 0 Å². The number of hydrogen-bond acceptors (Lipinski definition) is 4. The fourth-order valence-corrected chi connectivity index (χ4v) is 1.79. The Bertz CT molecular complexity index is 798. The Morgan fingerprint density at radius 1 is 1.30 bits per heavy atom. The summed E-state index contributed by atoms with van der Waals surface area (Å²) in [5, 5.41) is 10.4. The van der Waals surface area contributed by atoms with Gasteiger partial charge in [0, 0.05) is 12.4 Å². The highest BCUT2D eigenvalue weighted by atomic mass is 19.1. The monoisotopic (exact) mass is 271 g/mol. The minimum Gasteiger partial charge on any atom is -0.290 e. The second-order valence-electron chi connectivity index (χ2n) is 4.30. The first kappa shape index (κ1) is 12.2. The molecule has 0 aliphatic carbocycles. The molecule has 0 saturated heterocycles. The summed E-state index contributed by atoms with van der Waals surface area (Å²) >= 11 is 0. The Labute approximate surface area is 113 Å². The first-order valence-electron chi connectivity index (χ1n) is 5.87. The molecule has 100 valence electrons. The molecule has 3 rings (SSSR count). The lowest BCUT2D eigenvalue weighted by Gasteiger charge is -2.03. The molecule has 1 N–H and O–H groups in total. The molecule has 7 heteroatoms. The van der Waals surface area contributed by atoms with Crippen LogP contribution in [0.5, 0.6) is 0 Å². The molecule has 3 aromatic heterocycles. The summed E-state index contributed by atoms with van der Waals surface area (Å²) in [4.78, 5) is 15.6. The van der Waals surface area contributed by atoms with Crippen molar-refractivity contribution in [2.75, 3.05) is 5.32 Å². The van der Waals surface area contributed by atoms with Gasteiger partial charge < -0.3 is 0 Å². The maximum atomic E-state index is 13.0. The molecule has 0 radical (unpaired) electrons. The van der Waals surface area contributed by atoms with Crippen LogP contribution in [0.25, 0.3) is 5.65 Å². The van der Waals surface area contributed by atoms with E-state index in [0.29, 0.717) is 5.65 Å². The minimum absolute atomic E-state index is 0.119. The van der Waals surface area contributed by atoms with Crippen molar-refractivity contribution in [1.29, 1.82) is 0 Å². The van der Waals surface area contributed by atoms with Crippen molar-refractivity contribution in [2.45, 2.75) is 6.92 Å². The van der Waals surface area contributed by atoms with Crippen molar-refractivity contribution in [3.8, 4) is 0 Å². The van der Waals surface area contributed by atoms with Gasteiger partial charge in [0.25, 0.3) is 5.91 Å². The summed E-state index contributed by atoms with van der Waals surface area (Å²) in [7, 11) is 0. The number of rotatable bonds is 2. The van der Waals surface area contributed by atoms with Crippen LogP contribution in [0.15, 0.2) is 36.8 Å². The number of amides is 1.